The first-order chi connectivity index (χ1) is 25.0. The first-order valence-electron chi connectivity index (χ1n) is 16.8. The molecule has 4 nitrogen and oxygen atoms in total. The maximum atomic E-state index is 15.2. The highest BCUT2D eigenvalue weighted by molar-refractivity contribution is 7.25. The summed E-state index contributed by atoms with van der Waals surface area (Å²) in [4.78, 5) is 9.22. The SMILES string of the molecule is Fc1ccc2c(c1)-c1cccc3c1B1N2c2sc4c(c2N1c1ccc(F)cc1-3)N1B2c3c(cccc3-c3cc(F)ccc31)-c1cc(F)ccc1N24. The summed E-state index contributed by atoms with van der Waals surface area (Å²) in [5, 5.41) is 1.93. The molecular weight excluding hydrogens is 666 g/mol. The fraction of sp³-hybridized carbons (Fsp3) is 0. The van der Waals surface area contributed by atoms with Crippen molar-refractivity contribution in [2.75, 3.05) is 19.2 Å². The van der Waals surface area contributed by atoms with Crippen LogP contribution in [0.1, 0.15) is 0 Å². The van der Waals surface area contributed by atoms with Crippen molar-refractivity contribution in [2.45, 2.75) is 0 Å². The van der Waals surface area contributed by atoms with E-state index in [0.29, 0.717) is 0 Å². The lowest BCUT2D eigenvalue weighted by Crippen LogP contribution is -2.58. The predicted octanol–water partition coefficient (Wildman–Crippen LogP) is 9.60. The van der Waals surface area contributed by atoms with Gasteiger partial charge in [-0.15, -0.1) is 0 Å². The van der Waals surface area contributed by atoms with E-state index in [0.717, 1.165) is 99.6 Å². The van der Waals surface area contributed by atoms with Crippen LogP contribution in [0, 0.1) is 23.3 Å². The summed E-state index contributed by atoms with van der Waals surface area (Å²) in [6.45, 7) is -0.615. The van der Waals surface area contributed by atoms with Crippen molar-refractivity contribution in [2.24, 2.45) is 0 Å². The van der Waals surface area contributed by atoms with Crippen LogP contribution in [0.3, 0.4) is 0 Å². The van der Waals surface area contributed by atoms with Gasteiger partial charge in [0.15, 0.2) is 0 Å². The molecule has 51 heavy (non-hydrogen) atoms. The van der Waals surface area contributed by atoms with E-state index in [1.165, 1.54) is 24.3 Å². The average Bonchev–Trinajstić information content (AvgIpc) is 3.78. The Hall–Kier alpha value is -5.93. The van der Waals surface area contributed by atoms with Gasteiger partial charge in [0.05, 0.1) is 11.4 Å². The Morgan fingerprint density at radius 3 is 1.02 bits per heavy atom. The number of anilines is 8. The van der Waals surface area contributed by atoms with Crippen LogP contribution in [-0.2, 0) is 0 Å². The number of benzene rings is 6. The average molecular weight is 684 g/mol. The van der Waals surface area contributed by atoms with E-state index in [4.69, 9.17) is 0 Å². The molecule has 0 atom stereocenters. The molecule has 1 aromatic heterocycles. The highest BCUT2D eigenvalue weighted by Crippen LogP contribution is 2.69. The van der Waals surface area contributed by atoms with E-state index in [1.807, 2.05) is 60.7 Å². The summed E-state index contributed by atoms with van der Waals surface area (Å²) in [6.07, 6.45) is 0. The highest BCUT2D eigenvalue weighted by atomic mass is 32.1. The molecule has 11 heteroatoms. The van der Waals surface area contributed by atoms with Gasteiger partial charge < -0.3 is 19.2 Å². The lowest BCUT2D eigenvalue weighted by atomic mass is 9.55. The van der Waals surface area contributed by atoms with E-state index in [9.17, 15) is 0 Å². The Bertz CT molecular complexity index is 2620. The first kappa shape index (κ1) is 26.9. The maximum absolute atomic E-state index is 15.2. The van der Waals surface area contributed by atoms with Crippen LogP contribution in [0.15, 0.2) is 109 Å². The number of nitrogens with zero attached hydrogens (tertiary/aromatic N) is 4. The number of thiophene rings is 1. The van der Waals surface area contributed by atoms with E-state index < -0.39 is 0 Å². The molecular formula is C40H18B2F4N4S. The van der Waals surface area contributed by atoms with Crippen molar-refractivity contribution < 1.29 is 17.6 Å². The third kappa shape index (κ3) is 2.97. The predicted molar refractivity (Wildman–Crippen MR) is 198 cm³/mol. The second-order valence-electron chi connectivity index (χ2n) is 13.8. The molecule has 0 radical (unpaired) electrons. The minimum absolute atomic E-state index is 0.307. The van der Waals surface area contributed by atoms with Crippen molar-refractivity contribution in [1.29, 1.82) is 0 Å². The molecule has 0 unspecified atom stereocenters. The van der Waals surface area contributed by atoms with Gasteiger partial charge >= 0.3 is 14.0 Å². The van der Waals surface area contributed by atoms with Gasteiger partial charge in [0.2, 0.25) is 0 Å². The van der Waals surface area contributed by atoms with Crippen molar-refractivity contribution in [3.63, 3.8) is 0 Å². The van der Waals surface area contributed by atoms with Crippen molar-refractivity contribution >= 4 is 80.4 Å². The minimum atomic E-state index is -0.337. The van der Waals surface area contributed by atoms with Crippen LogP contribution in [0.5, 0.6) is 0 Å². The smallest absolute Gasteiger partial charge is 0.357 e. The van der Waals surface area contributed by atoms with Gasteiger partial charge in [-0.3, -0.25) is 0 Å². The Morgan fingerprint density at radius 1 is 0.373 bits per heavy atom. The summed E-state index contributed by atoms with van der Waals surface area (Å²) in [6, 6.07) is 31.8. The minimum Gasteiger partial charge on any atom is -0.357 e. The fourth-order valence-corrected chi connectivity index (χ4v) is 11.1. The quantitative estimate of drug-likeness (QED) is 0.117. The molecule has 0 amide bonds. The van der Waals surface area contributed by atoms with Crippen molar-refractivity contribution in [1.82, 2.24) is 0 Å². The Labute approximate surface area is 293 Å². The molecule has 0 bridgehead atoms. The Morgan fingerprint density at radius 2 is 0.686 bits per heavy atom. The topological polar surface area (TPSA) is 13.0 Å². The van der Waals surface area contributed by atoms with E-state index in [2.05, 4.69) is 19.2 Å². The summed E-state index contributed by atoms with van der Waals surface area (Å²) in [5.74, 6) is -1.33. The number of rotatable bonds is 0. The van der Waals surface area contributed by atoms with Crippen molar-refractivity contribution in [3.05, 3.63) is 132 Å². The molecule has 0 spiro atoms. The summed E-state index contributed by atoms with van der Waals surface area (Å²) >= 11 is 1.64. The largest absolute Gasteiger partial charge is 0.422 e. The van der Waals surface area contributed by atoms with Gasteiger partial charge in [0.1, 0.15) is 33.3 Å². The van der Waals surface area contributed by atoms with Gasteiger partial charge in [-0.2, -0.15) is 0 Å². The monoisotopic (exact) mass is 684 g/mol. The molecule has 7 heterocycles. The van der Waals surface area contributed by atoms with Crippen LogP contribution in [-0.4, -0.2) is 14.0 Å². The molecule has 7 aromatic rings. The number of halogens is 4. The zero-order valence-electron chi connectivity index (χ0n) is 26.3. The van der Waals surface area contributed by atoms with E-state index in [1.54, 1.807) is 35.6 Å². The first-order valence-corrected chi connectivity index (χ1v) is 17.6. The van der Waals surface area contributed by atoms with E-state index in [-0.39, 0.29) is 37.2 Å². The lowest BCUT2D eigenvalue weighted by molar-refractivity contribution is 0.628. The van der Waals surface area contributed by atoms with E-state index >= 15 is 17.6 Å². The van der Waals surface area contributed by atoms with Gasteiger partial charge in [0, 0.05) is 45.0 Å². The maximum Gasteiger partial charge on any atom is 0.422 e. The Kier molecular flexibility index (Phi) is 4.57. The van der Waals surface area contributed by atoms with Crippen molar-refractivity contribution in [3.8, 4) is 44.5 Å². The molecule has 0 fully saturated rings. The van der Waals surface area contributed by atoms with Gasteiger partial charge in [-0.05, 0) is 106 Å². The summed E-state index contributed by atoms with van der Waals surface area (Å²) < 4.78 is 60.4. The molecule has 0 N–H and O–H groups in total. The molecule has 0 saturated carbocycles. The van der Waals surface area contributed by atoms with Crippen LogP contribution in [0.25, 0.3) is 44.5 Å². The lowest BCUT2D eigenvalue weighted by Gasteiger charge is -2.42. The molecule has 0 saturated heterocycles. The molecule has 238 valence electrons. The molecule has 0 aliphatic carbocycles. The second-order valence-corrected chi connectivity index (χ2v) is 14.8. The van der Waals surface area contributed by atoms with Crippen LogP contribution in [0.4, 0.5) is 61.7 Å². The normalized spacial score (nSPS) is 15.2. The highest BCUT2D eigenvalue weighted by Gasteiger charge is 2.60. The third-order valence-electron chi connectivity index (χ3n) is 11.5. The standard InChI is InChI=1S/C40H18B2F4N4S/c43-19-7-11-31-27(15-19)23-3-1-5-25-29-17-21(45)9-13-33(29)49-39-37(47(31)41(49)35(23)25)38-40(51-39)50-34-14-10-22(46)18-30(34)26-6-2-4-24-28-16-20(44)8-12-32(28)48(38)42(50)36(24)26/h1-18H. The number of hydrogen-bond donors (Lipinski definition) is 0. The van der Waals surface area contributed by atoms with Crippen LogP contribution in [0.2, 0.25) is 0 Å². The molecule has 6 aliphatic rings. The van der Waals surface area contributed by atoms with Crippen LogP contribution >= 0.6 is 11.3 Å². The number of hydrogen-bond acceptors (Lipinski definition) is 5. The van der Waals surface area contributed by atoms with Gasteiger partial charge in [-0.1, -0.05) is 47.7 Å². The fourth-order valence-electron chi connectivity index (χ4n) is 9.71. The summed E-state index contributed by atoms with van der Waals surface area (Å²) in [7, 11) is 0. The second kappa shape index (κ2) is 8.68. The Balaban J connectivity index is 1.18. The molecule has 13 rings (SSSR count). The van der Waals surface area contributed by atoms with Gasteiger partial charge in [-0.25, -0.2) is 17.6 Å². The third-order valence-corrected chi connectivity index (χ3v) is 12.6. The number of fused-ring (bicyclic) bond motifs is 19. The van der Waals surface area contributed by atoms with Crippen LogP contribution < -0.4 is 30.2 Å². The summed E-state index contributed by atoms with van der Waals surface area (Å²) in [5.41, 5.74) is 14.1. The molecule has 6 aromatic carbocycles. The van der Waals surface area contributed by atoms with Gasteiger partial charge in [0.25, 0.3) is 0 Å². The molecule has 6 aliphatic heterocycles. The zero-order chi connectivity index (χ0) is 33.6. The zero-order valence-corrected chi connectivity index (χ0v) is 27.1.